The van der Waals surface area contributed by atoms with Gasteiger partial charge in [-0.2, -0.15) is 12.7 Å². The minimum Gasteiger partial charge on any atom is -0.379 e. The maximum Gasteiger partial charge on any atom is 0.301 e. The molecule has 1 aromatic carbocycles. The molecular formula is C14H17N3O4S. The number of anilines is 1. The first kappa shape index (κ1) is 15.0. The molecule has 118 valence electrons. The van der Waals surface area contributed by atoms with Crippen molar-refractivity contribution in [3.05, 3.63) is 40.2 Å². The topological polar surface area (TPSA) is 91.5 Å². The van der Waals surface area contributed by atoms with E-state index in [1.54, 1.807) is 18.2 Å². The van der Waals surface area contributed by atoms with E-state index in [1.165, 1.54) is 10.4 Å². The molecule has 1 fully saturated rings. The maximum atomic E-state index is 12.3. The zero-order valence-corrected chi connectivity index (χ0v) is 12.9. The van der Waals surface area contributed by atoms with Crippen LogP contribution >= 0.6 is 0 Å². The number of nitrogens with one attached hydrogen (secondary N) is 2. The first-order chi connectivity index (χ1) is 10.5. The highest BCUT2D eigenvalue weighted by Crippen LogP contribution is 2.21. The Morgan fingerprint density at radius 2 is 1.95 bits per heavy atom. The number of H-pyrrole nitrogens is 1. The van der Waals surface area contributed by atoms with Gasteiger partial charge in [-0.25, -0.2) is 0 Å². The second kappa shape index (κ2) is 5.71. The van der Waals surface area contributed by atoms with Crippen LogP contribution in [0.2, 0.25) is 0 Å². The lowest BCUT2D eigenvalue weighted by molar-refractivity contribution is 0.0733. The highest BCUT2D eigenvalue weighted by atomic mass is 32.2. The number of hydrogen-bond donors (Lipinski definition) is 2. The molecule has 0 amide bonds. The van der Waals surface area contributed by atoms with Crippen molar-refractivity contribution in [1.82, 2.24) is 9.29 Å². The average Bonchev–Trinajstić information content (AvgIpc) is 2.48. The molecule has 7 nitrogen and oxygen atoms in total. The predicted molar refractivity (Wildman–Crippen MR) is 84.2 cm³/mol. The van der Waals surface area contributed by atoms with E-state index in [2.05, 4.69) is 9.71 Å². The zero-order chi connectivity index (χ0) is 15.7. The van der Waals surface area contributed by atoms with Gasteiger partial charge in [-0.15, -0.1) is 0 Å². The van der Waals surface area contributed by atoms with Gasteiger partial charge in [0.15, 0.2) is 0 Å². The van der Waals surface area contributed by atoms with E-state index in [-0.39, 0.29) is 5.56 Å². The van der Waals surface area contributed by atoms with Gasteiger partial charge in [0.25, 0.3) is 0 Å². The lowest BCUT2D eigenvalue weighted by atomic mass is 10.1. The minimum absolute atomic E-state index is 0.174. The molecule has 0 radical (unpaired) electrons. The summed E-state index contributed by atoms with van der Waals surface area (Å²) in [6.45, 7) is 3.31. The Morgan fingerprint density at radius 1 is 1.23 bits per heavy atom. The smallest absolute Gasteiger partial charge is 0.301 e. The van der Waals surface area contributed by atoms with Crippen molar-refractivity contribution < 1.29 is 13.2 Å². The molecule has 0 atom stereocenters. The Kier molecular flexibility index (Phi) is 3.90. The van der Waals surface area contributed by atoms with Gasteiger partial charge in [-0.05, 0) is 30.7 Å². The van der Waals surface area contributed by atoms with Crippen molar-refractivity contribution in [3.8, 4) is 0 Å². The molecule has 0 aliphatic carbocycles. The molecule has 8 heteroatoms. The van der Waals surface area contributed by atoms with E-state index < -0.39 is 10.2 Å². The third-order valence-corrected chi connectivity index (χ3v) is 5.15. The van der Waals surface area contributed by atoms with Gasteiger partial charge in [-0.1, -0.05) is 0 Å². The molecule has 1 aromatic heterocycles. The lowest BCUT2D eigenvalue weighted by Gasteiger charge is -2.26. The number of morpholine rings is 1. The number of hydrogen-bond acceptors (Lipinski definition) is 4. The summed E-state index contributed by atoms with van der Waals surface area (Å²) >= 11 is 0. The molecule has 22 heavy (non-hydrogen) atoms. The number of rotatable bonds is 3. The lowest BCUT2D eigenvalue weighted by Crippen LogP contribution is -2.43. The fraction of sp³-hybridized carbons (Fsp3) is 0.357. The summed E-state index contributed by atoms with van der Waals surface area (Å²) in [5, 5.41) is 0.807. The Balaban J connectivity index is 1.92. The molecule has 3 rings (SSSR count). The monoisotopic (exact) mass is 323 g/mol. The third-order valence-electron chi connectivity index (χ3n) is 3.61. The fourth-order valence-electron chi connectivity index (χ4n) is 2.49. The van der Waals surface area contributed by atoms with Crippen molar-refractivity contribution in [3.63, 3.8) is 0 Å². The number of ether oxygens (including phenoxy) is 1. The second-order valence-corrected chi connectivity index (χ2v) is 6.87. The summed E-state index contributed by atoms with van der Waals surface area (Å²) in [6.07, 6.45) is 0. The third kappa shape index (κ3) is 2.99. The van der Waals surface area contributed by atoms with Crippen LogP contribution in [-0.2, 0) is 14.9 Å². The first-order valence-corrected chi connectivity index (χ1v) is 8.39. The number of aromatic nitrogens is 1. The van der Waals surface area contributed by atoms with E-state index in [1.807, 2.05) is 6.92 Å². The normalized spacial score (nSPS) is 16.8. The highest BCUT2D eigenvalue weighted by molar-refractivity contribution is 7.90. The maximum absolute atomic E-state index is 12.3. The first-order valence-electron chi connectivity index (χ1n) is 6.95. The Bertz CT molecular complexity index is 854. The molecule has 2 heterocycles. The summed E-state index contributed by atoms with van der Waals surface area (Å²) in [7, 11) is -3.59. The number of nitrogens with zero attached hydrogens (tertiary/aromatic N) is 1. The second-order valence-electron chi connectivity index (χ2n) is 5.20. The standard InChI is InChI=1S/C14H17N3O4S/c1-10-8-14(18)15-13-3-2-11(9-12(10)13)16-22(19,20)17-4-6-21-7-5-17/h2-3,8-9,16H,4-7H2,1H3,(H,15,18). The zero-order valence-electron chi connectivity index (χ0n) is 12.1. The highest BCUT2D eigenvalue weighted by Gasteiger charge is 2.24. The largest absolute Gasteiger partial charge is 0.379 e. The molecular weight excluding hydrogens is 306 g/mol. The van der Waals surface area contributed by atoms with Crippen molar-refractivity contribution in [2.45, 2.75) is 6.92 Å². The van der Waals surface area contributed by atoms with Gasteiger partial charge in [0.2, 0.25) is 5.56 Å². The summed E-state index contributed by atoms with van der Waals surface area (Å²) in [5.41, 5.74) is 1.77. The van der Waals surface area contributed by atoms with E-state index in [0.29, 0.717) is 37.5 Å². The van der Waals surface area contributed by atoms with Crippen molar-refractivity contribution in [1.29, 1.82) is 0 Å². The van der Waals surface area contributed by atoms with E-state index in [4.69, 9.17) is 4.74 Å². The van der Waals surface area contributed by atoms with Crippen LogP contribution in [-0.4, -0.2) is 44.0 Å². The molecule has 1 aliphatic heterocycles. The average molecular weight is 323 g/mol. The molecule has 0 unspecified atom stereocenters. The van der Waals surface area contributed by atoms with E-state index in [0.717, 1.165) is 10.9 Å². The van der Waals surface area contributed by atoms with Crippen molar-refractivity contribution in [2.75, 3.05) is 31.0 Å². The molecule has 2 N–H and O–H groups in total. The van der Waals surface area contributed by atoms with Gasteiger partial charge in [0.05, 0.1) is 18.9 Å². The van der Waals surface area contributed by atoms with Gasteiger partial charge in [0.1, 0.15) is 0 Å². The summed E-state index contributed by atoms with van der Waals surface area (Å²) in [4.78, 5) is 14.2. The molecule has 0 saturated carbocycles. The SMILES string of the molecule is Cc1cc(=O)[nH]c2ccc(NS(=O)(=O)N3CCOCC3)cc12. The predicted octanol–water partition coefficient (Wildman–Crippen LogP) is 0.825. The van der Waals surface area contributed by atoms with E-state index in [9.17, 15) is 13.2 Å². The number of aromatic amines is 1. The summed E-state index contributed by atoms with van der Waals surface area (Å²) in [6, 6.07) is 6.54. The van der Waals surface area contributed by atoms with Gasteiger partial charge >= 0.3 is 10.2 Å². The van der Waals surface area contributed by atoms with Gasteiger partial charge in [-0.3, -0.25) is 9.52 Å². The minimum atomic E-state index is -3.59. The number of fused-ring (bicyclic) bond motifs is 1. The number of aryl methyl sites for hydroxylation is 1. The molecule has 1 saturated heterocycles. The molecule has 2 aromatic rings. The van der Waals surface area contributed by atoms with E-state index >= 15 is 0 Å². The van der Waals surface area contributed by atoms with Crippen molar-refractivity contribution >= 4 is 26.8 Å². The van der Waals surface area contributed by atoms with Crippen LogP contribution in [0.25, 0.3) is 10.9 Å². The molecule has 0 spiro atoms. The fourth-order valence-corrected chi connectivity index (χ4v) is 3.67. The molecule has 0 bridgehead atoms. The van der Waals surface area contributed by atoms with Crippen LogP contribution in [0.3, 0.4) is 0 Å². The van der Waals surface area contributed by atoms with Crippen molar-refractivity contribution in [2.24, 2.45) is 0 Å². The Labute approximate surface area is 128 Å². The van der Waals surface area contributed by atoms with Crippen LogP contribution in [0.1, 0.15) is 5.56 Å². The Morgan fingerprint density at radius 3 is 2.68 bits per heavy atom. The quantitative estimate of drug-likeness (QED) is 0.875. The van der Waals surface area contributed by atoms with Crippen LogP contribution in [0, 0.1) is 6.92 Å². The number of pyridine rings is 1. The van der Waals surface area contributed by atoms with Crippen LogP contribution in [0.15, 0.2) is 29.1 Å². The van der Waals surface area contributed by atoms with Crippen LogP contribution in [0.4, 0.5) is 5.69 Å². The summed E-state index contributed by atoms with van der Waals surface area (Å²) < 4.78 is 33.8. The summed E-state index contributed by atoms with van der Waals surface area (Å²) in [5.74, 6) is 0. The van der Waals surface area contributed by atoms with Crippen LogP contribution in [0.5, 0.6) is 0 Å². The van der Waals surface area contributed by atoms with Gasteiger partial charge in [0, 0.05) is 30.1 Å². The molecule has 1 aliphatic rings. The number of benzene rings is 1. The van der Waals surface area contributed by atoms with Crippen LogP contribution < -0.4 is 10.3 Å². The Hall–Kier alpha value is -1.90. The van der Waals surface area contributed by atoms with Gasteiger partial charge < -0.3 is 9.72 Å².